The van der Waals surface area contributed by atoms with Crippen molar-refractivity contribution in [3.63, 3.8) is 0 Å². The first-order valence-corrected chi connectivity index (χ1v) is 8.68. The smallest absolute Gasteiger partial charge is 0.188 e. The minimum Gasteiger partial charge on any atom is -0.379 e. The van der Waals surface area contributed by atoms with Gasteiger partial charge < -0.3 is 15.8 Å². The fraction of sp³-hybridized carbons (Fsp3) is 0.938. The Hall–Kier alpha value is -0.0800. The fourth-order valence-electron chi connectivity index (χ4n) is 3.28. The number of halogens is 1. The molecule has 3 N–H and O–H groups in total. The van der Waals surface area contributed by atoms with Gasteiger partial charge in [0.2, 0.25) is 0 Å². The molecule has 6 heteroatoms. The standard InChI is InChI=1S/C16H32N4O.HI/c17-16(18-8-3-7-15-5-1-2-6-15)19-9-4-10-20-11-13-21-14-12-20;/h15H,1-14H2,(H3,17,18,19);1H. The van der Waals surface area contributed by atoms with E-state index in [0.29, 0.717) is 5.96 Å². The number of rotatable bonds is 8. The van der Waals surface area contributed by atoms with Gasteiger partial charge >= 0.3 is 0 Å². The van der Waals surface area contributed by atoms with Crippen molar-refractivity contribution in [3.05, 3.63) is 0 Å². The molecular weight excluding hydrogens is 391 g/mol. The minimum atomic E-state index is 0. The molecule has 0 unspecified atom stereocenters. The van der Waals surface area contributed by atoms with E-state index in [0.717, 1.165) is 58.3 Å². The Morgan fingerprint density at radius 2 is 1.91 bits per heavy atom. The zero-order chi connectivity index (χ0) is 14.8. The van der Waals surface area contributed by atoms with Gasteiger partial charge in [0.05, 0.1) is 13.2 Å². The Kier molecular flexibility index (Phi) is 11.2. The van der Waals surface area contributed by atoms with Crippen LogP contribution in [0.15, 0.2) is 4.99 Å². The maximum Gasteiger partial charge on any atom is 0.188 e. The van der Waals surface area contributed by atoms with Gasteiger partial charge in [-0.25, -0.2) is 0 Å². The molecule has 2 aliphatic rings. The van der Waals surface area contributed by atoms with Crippen molar-refractivity contribution in [1.29, 1.82) is 0 Å². The first-order chi connectivity index (χ1) is 10.3. The highest BCUT2D eigenvalue weighted by molar-refractivity contribution is 14.0. The molecule has 0 atom stereocenters. The maximum absolute atomic E-state index is 5.89. The van der Waals surface area contributed by atoms with Crippen molar-refractivity contribution in [2.24, 2.45) is 16.6 Å². The van der Waals surface area contributed by atoms with Gasteiger partial charge in [-0.3, -0.25) is 9.89 Å². The average molecular weight is 424 g/mol. The molecular formula is C16H33IN4O. The normalized spacial score (nSPS) is 20.8. The van der Waals surface area contributed by atoms with E-state index in [2.05, 4.69) is 15.2 Å². The monoisotopic (exact) mass is 424 g/mol. The Bertz CT molecular complexity index is 303. The molecule has 1 aliphatic heterocycles. The predicted molar refractivity (Wildman–Crippen MR) is 103 cm³/mol. The fourth-order valence-corrected chi connectivity index (χ4v) is 3.28. The molecule has 0 aromatic heterocycles. The lowest BCUT2D eigenvalue weighted by Gasteiger charge is -2.26. The summed E-state index contributed by atoms with van der Waals surface area (Å²) in [4.78, 5) is 6.84. The average Bonchev–Trinajstić information content (AvgIpc) is 3.02. The van der Waals surface area contributed by atoms with Crippen LogP contribution in [0.5, 0.6) is 0 Å². The summed E-state index contributed by atoms with van der Waals surface area (Å²) in [5.41, 5.74) is 5.89. The second-order valence-electron chi connectivity index (χ2n) is 6.29. The van der Waals surface area contributed by atoms with Gasteiger partial charge in [0.15, 0.2) is 5.96 Å². The molecule has 130 valence electrons. The van der Waals surface area contributed by atoms with Crippen LogP contribution in [0.25, 0.3) is 0 Å². The summed E-state index contributed by atoms with van der Waals surface area (Å²) in [5.74, 6) is 1.59. The highest BCUT2D eigenvalue weighted by Crippen LogP contribution is 2.28. The number of morpholine rings is 1. The van der Waals surface area contributed by atoms with E-state index >= 15 is 0 Å². The number of nitrogens with zero attached hydrogens (tertiary/aromatic N) is 2. The molecule has 0 aromatic rings. The van der Waals surface area contributed by atoms with Crippen LogP contribution >= 0.6 is 24.0 Å². The summed E-state index contributed by atoms with van der Waals surface area (Å²) in [5, 5.41) is 3.24. The molecule has 0 aromatic carbocycles. The van der Waals surface area contributed by atoms with Gasteiger partial charge in [0.1, 0.15) is 0 Å². The van der Waals surface area contributed by atoms with E-state index in [9.17, 15) is 0 Å². The van der Waals surface area contributed by atoms with E-state index in [4.69, 9.17) is 10.5 Å². The number of hydrogen-bond donors (Lipinski definition) is 2. The quantitative estimate of drug-likeness (QED) is 0.272. The summed E-state index contributed by atoms with van der Waals surface area (Å²) in [6.07, 6.45) is 9.38. The number of nitrogens with two attached hydrogens (primary N) is 1. The van der Waals surface area contributed by atoms with Crippen LogP contribution in [-0.2, 0) is 4.74 Å². The highest BCUT2D eigenvalue weighted by Gasteiger charge is 2.13. The van der Waals surface area contributed by atoms with Crippen LogP contribution in [0, 0.1) is 5.92 Å². The summed E-state index contributed by atoms with van der Waals surface area (Å²) >= 11 is 0. The van der Waals surface area contributed by atoms with Crippen LogP contribution in [0.4, 0.5) is 0 Å². The lowest BCUT2D eigenvalue weighted by Crippen LogP contribution is -2.37. The van der Waals surface area contributed by atoms with Crippen molar-refractivity contribution in [1.82, 2.24) is 10.2 Å². The topological polar surface area (TPSA) is 62.9 Å². The molecule has 1 heterocycles. The van der Waals surface area contributed by atoms with Gasteiger partial charge in [-0.15, -0.1) is 24.0 Å². The first kappa shape index (κ1) is 20.0. The van der Waals surface area contributed by atoms with E-state index in [1.807, 2.05) is 0 Å². The predicted octanol–water partition coefficient (Wildman–Crippen LogP) is 2.20. The summed E-state index contributed by atoms with van der Waals surface area (Å²) in [6.45, 7) is 6.73. The summed E-state index contributed by atoms with van der Waals surface area (Å²) in [6, 6.07) is 0. The number of aliphatic imine (C=N–C) groups is 1. The molecule has 1 saturated heterocycles. The van der Waals surface area contributed by atoms with Crippen LogP contribution < -0.4 is 11.1 Å². The Balaban J connectivity index is 0.00000242. The molecule has 2 rings (SSSR count). The molecule has 22 heavy (non-hydrogen) atoms. The molecule has 2 fully saturated rings. The molecule has 0 radical (unpaired) electrons. The van der Waals surface area contributed by atoms with E-state index in [1.165, 1.54) is 38.5 Å². The SMILES string of the molecule is I.NC(=NCCCN1CCOCC1)NCCCC1CCCC1. The molecule has 0 bridgehead atoms. The third kappa shape index (κ3) is 8.53. The van der Waals surface area contributed by atoms with Crippen LogP contribution in [-0.4, -0.2) is 56.8 Å². The Morgan fingerprint density at radius 3 is 2.64 bits per heavy atom. The van der Waals surface area contributed by atoms with E-state index in [1.54, 1.807) is 0 Å². The van der Waals surface area contributed by atoms with Crippen LogP contribution in [0.2, 0.25) is 0 Å². The van der Waals surface area contributed by atoms with Crippen molar-refractivity contribution < 1.29 is 4.74 Å². The van der Waals surface area contributed by atoms with Gasteiger partial charge in [-0.2, -0.15) is 0 Å². The largest absolute Gasteiger partial charge is 0.379 e. The Morgan fingerprint density at radius 1 is 1.18 bits per heavy atom. The zero-order valence-electron chi connectivity index (χ0n) is 13.8. The molecule has 0 amide bonds. The van der Waals surface area contributed by atoms with Gasteiger partial charge in [-0.05, 0) is 25.2 Å². The first-order valence-electron chi connectivity index (χ1n) is 8.68. The van der Waals surface area contributed by atoms with E-state index < -0.39 is 0 Å². The minimum absolute atomic E-state index is 0. The van der Waals surface area contributed by atoms with Crippen LogP contribution in [0.3, 0.4) is 0 Å². The number of hydrogen-bond acceptors (Lipinski definition) is 3. The number of nitrogens with one attached hydrogen (secondary N) is 1. The van der Waals surface area contributed by atoms with Crippen LogP contribution in [0.1, 0.15) is 44.9 Å². The molecule has 5 nitrogen and oxygen atoms in total. The second kappa shape index (κ2) is 12.4. The highest BCUT2D eigenvalue weighted by atomic mass is 127. The maximum atomic E-state index is 5.89. The lowest BCUT2D eigenvalue weighted by molar-refractivity contribution is 0.0377. The molecule has 0 spiro atoms. The van der Waals surface area contributed by atoms with Crippen molar-refractivity contribution in [2.45, 2.75) is 44.9 Å². The van der Waals surface area contributed by atoms with Crippen molar-refractivity contribution in [2.75, 3.05) is 45.9 Å². The van der Waals surface area contributed by atoms with Gasteiger partial charge in [-0.1, -0.05) is 25.7 Å². The van der Waals surface area contributed by atoms with E-state index in [-0.39, 0.29) is 24.0 Å². The summed E-state index contributed by atoms with van der Waals surface area (Å²) < 4.78 is 5.34. The third-order valence-corrected chi connectivity index (χ3v) is 4.59. The van der Waals surface area contributed by atoms with Gasteiger partial charge in [0, 0.05) is 32.7 Å². The molecule has 1 saturated carbocycles. The zero-order valence-corrected chi connectivity index (χ0v) is 16.1. The summed E-state index contributed by atoms with van der Waals surface area (Å²) in [7, 11) is 0. The van der Waals surface area contributed by atoms with Crippen molar-refractivity contribution in [3.8, 4) is 0 Å². The second-order valence-corrected chi connectivity index (χ2v) is 6.29. The number of guanidine groups is 1. The van der Waals surface area contributed by atoms with Gasteiger partial charge in [0.25, 0.3) is 0 Å². The molecule has 1 aliphatic carbocycles. The Labute approximate surface area is 152 Å². The van der Waals surface area contributed by atoms with Crippen molar-refractivity contribution >= 4 is 29.9 Å². The lowest BCUT2D eigenvalue weighted by atomic mass is 10.0. The number of ether oxygens (including phenoxy) is 1. The third-order valence-electron chi connectivity index (χ3n) is 4.59.